The van der Waals surface area contributed by atoms with E-state index in [1.54, 1.807) is 30.7 Å². The first-order valence-electron chi connectivity index (χ1n) is 21.1. The molecule has 0 radical (unpaired) electrons. The molecule has 0 bridgehead atoms. The summed E-state index contributed by atoms with van der Waals surface area (Å²) in [5.74, 6) is -2.17. The van der Waals surface area contributed by atoms with Gasteiger partial charge in [0, 0.05) is 40.8 Å². The third kappa shape index (κ3) is 15.7. The van der Waals surface area contributed by atoms with Gasteiger partial charge < -0.3 is 50.8 Å². The summed E-state index contributed by atoms with van der Waals surface area (Å²) in [5.41, 5.74) is 6.50. The van der Waals surface area contributed by atoms with Crippen LogP contribution in [0.3, 0.4) is 0 Å². The number of hydrogen-bond acceptors (Lipinski definition) is 11. The van der Waals surface area contributed by atoms with Crippen molar-refractivity contribution in [2.24, 2.45) is 23.5 Å². The third-order valence-electron chi connectivity index (χ3n) is 11.4. The Morgan fingerprint density at radius 1 is 0.949 bits per heavy atom. The highest BCUT2D eigenvalue weighted by atomic mass is 16.6. The summed E-state index contributed by atoms with van der Waals surface area (Å²) in [6.07, 6.45) is 0.304. The smallest absolute Gasteiger partial charge is 0.242 e. The molecule has 10 atom stereocenters. The number of nitrogens with one attached hydrogen (secondary N) is 3. The molecule has 0 saturated carbocycles. The minimum Gasteiger partial charge on any atom is -0.379 e. The minimum absolute atomic E-state index is 0.00633. The molecule has 1 aromatic rings. The Kier molecular flexibility index (Phi) is 22.5. The standard InChI is InChI=1S/C43H75N7O9/c1-12-28(4)38(49(9)36(52)26-46-42(55)37(27(2)3)48(7)8)34(57-10)25-35(51)50-22-16-20-33(50)39(58-11)29(5)40(53)47-32(24-31-18-14-13-15-19-31)41(54)45-21-17-23-59-43(56)30(6)44/h13-15,18-19,27-30,32-34,37-39,43,56H,12,16-17,20-26,44H2,1-11H3,(H,45,54)(H,46,55)(H,47,53)/t28-,29+,30-,32-,33-,34+,37-,38-,39+,43?/m0/s1. The van der Waals surface area contributed by atoms with Crippen molar-refractivity contribution in [3.8, 4) is 0 Å². The number of aliphatic hydroxyl groups excluding tert-OH is 1. The zero-order valence-electron chi connectivity index (χ0n) is 37.4. The maximum atomic E-state index is 14.2. The molecule has 16 heteroatoms. The molecule has 1 aromatic carbocycles. The first-order valence-corrected chi connectivity index (χ1v) is 21.1. The molecule has 0 aliphatic carbocycles. The van der Waals surface area contributed by atoms with Crippen molar-refractivity contribution in [3.05, 3.63) is 35.9 Å². The Labute approximate surface area is 352 Å². The fourth-order valence-corrected chi connectivity index (χ4v) is 7.98. The van der Waals surface area contributed by atoms with Gasteiger partial charge in [0.1, 0.15) is 6.04 Å². The van der Waals surface area contributed by atoms with Gasteiger partial charge in [-0.2, -0.15) is 0 Å². The van der Waals surface area contributed by atoms with Crippen molar-refractivity contribution in [1.82, 2.24) is 30.7 Å². The maximum absolute atomic E-state index is 14.2. The van der Waals surface area contributed by atoms with Crippen molar-refractivity contribution in [3.63, 3.8) is 0 Å². The van der Waals surface area contributed by atoms with E-state index < -0.39 is 48.6 Å². The minimum atomic E-state index is -1.10. The van der Waals surface area contributed by atoms with Crippen LogP contribution in [0.5, 0.6) is 0 Å². The second-order valence-corrected chi connectivity index (χ2v) is 16.5. The number of likely N-dealkylation sites (tertiary alicyclic amines) is 1. The summed E-state index contributed by atoms with van der Waals surface area (Å²) in [6, 6.07) is 6.69. The predicted octanol–water partition coefficient (Wildman–Crippen LogP) is 1.53. The fraction of sp³-hybridized carbons (Fsp3) is 0.744. The predicted molar refractivity (Wildman–Crippen MR) is 227 cm³/mol. The molecule has 1 fully saturated rings. The number of rotatable bonds is 26. The van der Waals surface area contributed by atoms with Crippen molar-refractivity contribution >= 4 is 29.5 Å². The molecule has 6 N–H and O–H groups in total. The van der Waals surface area contributed by atoms with Crippen LogP contribution in [0.1, 0.15) is 79.2 Å². The highest BCUT2D eigenvalue weighted by Gasteiger charge is 2.42. The quantitative estimate of drug-likeness (QED) is 0.0669. The van der Waals surface area contributed by atoms with Crippen molar-refractivity contribution < 1.29 is 43.3 Å². The van der Waals surface area contributed by atoms with E-state index >= 15 is 0 Å². The van der Waals surface area contributed by atoms with E-state index in [2.05, 4.69) is 16.0 Å². The number of methoxy groups -OCH3 is 2. The summed E-state index contributed by atoms with van der Waals surface area (Å²) < 4.78 is 17.2. The van der Waals surface area contributed by atoms with Gasteiger partial charge in [0.2, 0.25) is 29.5 Å². The number of hydrogen-bond donors (Lipinski definition) is 5. The molecule has 336 valence electrons. The number of carbonyl (C=O) groups is 5. The number of amides is 5. The van der Waals surface area contributed by atoms with Gasteiger partial charge in [-0.15, -0.1) is 0 Å². The zero-order chi connectivity index (χ0) is 44.4. The number of aliphatic hydroxyl groups is 1. The Bertz CT molecular complexity index is 1440. The average molecular weight is 834 g/mol. The van der Waals surface area contributed by atoms with E-state index in [9.17, 15) is 29.1 Å². The van der Waals surface area contributed by atoms with Crippen LogP contribution in [-0.4, -0.2) is 160 Å². The van der Waals surface area contributed by atoms with Crippen LogP contribution in [0.15, 0.2) is 30.3 Å². The van der Waals surface area contributed by atoms with Crippen LogP contribution < -0.4 is 21.7 Å². The lowest BCUT2D eigenvalue weighted by Crippen LogP contribution is -2.55. The van der Waals surface area contributed by atoms with Crippen LogP contribution >= 0.6 is 0 Å². The summed E-state index contributed by atoms with van der Waals surface area (Å²) in [5, 5.41) is 18.4. The van der Waals surface area contributed by atoms with Gasteiger partial charge in [-0.05, 0) is 57.7 Å². The van der Waals surface area contributed by atoms with Gasteiger partial charge in [-0.25, -0.2) is 0 Å². The summed E-state index contributed by atoms with van der Waals surface area (Å²) in [6.45, 7) is 12.0. The van der Waals surface area contributed by atoms with Gasteiger partial charge in [-0.1, -0.05) is 71.4 Å². The summed E-state index contributed by atoms with van der Waals surface area (Å²) in [4.78, 5) is 73.3. The lowest BCUT2D eigenvalue weighted by Gasteiger charge is -2.39. The first-order chi connectivity index (χ1) is 27.9. The maximum Gasteiger partial charge on any atom is 0.242 e. The third-order valence-corrected chi connectivity index (χ3v) is 11.4. The average Bonchev–Trinajstić information content (AvgIpc) is 3.68. The molecule has 2 rings (SSSR count). The van der Waals surface area contributed by atoms with E-state index in [4.69, 9.17) is 19.9 Å². The molecule has 1 aliphatic rings. The van der Waals surface area contributed by atoms with Gasteiger partial charge in [0.05, 0.1) is 61.9 Å². The first kappa shape index (κ1) is 51.5. The zero-order valence-corrected chi connectivity index (χ0v) is 37.4. The van der Waals surface area contributed by atoms with E-state index in [1.165, 1.54) is 14.2 Å². The van der Waals surface area contributed by atoms with Gasteiger partial charge in [-0.3, -0.25) is 28.9 Å². The van der Waals surface area contributed by atoms with Crippen molar-refractivity contribution in [2.45, 2.75) is 129 Å². The van der Waals surface area contributed by atoms with E-state index in [1.807, 2.05) is 77.0 Å². The highest BCUT2D eigenvalue weighted by Crippen LogP contribution is 2.29. The van der Waals surface area contributed by atoms with Crippen LogP contribution in [0.25, 0.3) is 0 Å². The van der Waals surface area contributed by atoms with Crippen LogP contribution in [-0.2, 0) is 44.6 Å². The summed E-state index contributed by atoms with van der Waals surface area (Å²) >= 11 is 0. The van der Waals surface area contributed by atoms with E-state index in [0.29, 0.717) is 25.8 Å². The molecular formula is C43H75N7O9. The second-order valence-electron chi connectivity index (χ2n) is 16.5. The lowest BCUT2D eigenvalue weighted by atomic mass is 9.90. The molecule has 1 saturated heterocycles. The van der Waals surface area contributed by atoms with E-state index in [0.717, 1.165) is 12.0 Å². The second kappa shape index (κ2) is 25.8. The van der Waals surface area contributed by atoms with Gasteiger partial charge in [0.15, 0.2) is 6.29 Å². The monoisotopic (exact) mass is 834 g/mol. The van der Waals surface area contributed by atoms with Gasteiger partial charge in [0.25, 0.3) is 0 Å². The Morgan fingerprint density at radius 3 is 2.17 bits per heavy atom. The molecular weight excluding hydrogens is 759 g/mol. The highest BCUT2D eigenvalue weighted by molar-refractivity contribution is 5.89. The van der Waals surface area contributed by atoms with Crippen molar-refractivity contribution in [1.29, 1.82) is 0 Å². The largest absolute Gasteiger partial charge is 0.379 e. The number of carbonyl (C=O) groups excluding carboxylic acids is 5. The Morgan fingerprint density at radius 2 is 1.61 bits per heavy atom. The topological polar surface area (TPSA) is 205 Å². The lowest BCUT2D eigenvalue weighted by molar-refractivity contribution is -0.146. The molecule has 16 nitrogen and oxygen atoms in total. The molecule has 59 heavy (non-hydrogen) atoms. The SMILES string of the molecule is CC[C@H](C)[C@@H]([C@@H](CC(=O)N1CCC[C@H]1[C@H](OC)[C@@H](C)C(=O)N[C@@H](Cc1ccccc1)C(=O)NCCCOC(O)[C@H](C)N)OC)N(C)C(=O)CNC(=O)[C@H](C(C)C)N(C)C. The number of benzene rings is 1. The van der Waals surface area contributed by atoms with E-state index in [-0.39, 0.29) is 80.0 Å². The van der Waals surface area contributed by atoms with Crippen LogP contribution in [0, 0.1) is 17.8 Å². The summed E-state index contributed by atoms with van der Waals surface area (Å²) in [7, 11) is 8.40. The molecule has 1 aliphatic heterocycles. The number of nitrogens with two attached hydrogens (primary N) is 1. The molecule has 0 spiro atoms. The Hall–Kier alpha value is -3.67. The Balaban J connectivity index is 2.18. The molecule has 1 unspecified atom stereocenters. The number of nitrogens with zero attached hydrogens (tertiary/aromatic N) is 3. The molecule has 1 heterocycles. The number of likely N-dealkylation sites (N-methyl/N-ethyl adjacent to an activating group) is 2. The fourth-order valence-electron chi connectivity index (χ4n) is 7.98. The number of ether oxygens (including phenoxy) is 3. The van der Waals surface area contributed by atoms with Crippen LogP contribution in [0.4, 0.5) is 0 Å². The molecule has 0 aromatic heterocycles. The van der Waals surface area contributed by atoms with Crippen molar-refractivity contribution in [2.75, 3.05) is 61.6 Å². The normalized spacial score (nSPS) is 18.9. The van der Waals surface area contributed by atoms with Crippen LogP contribution in [0.2, 0.25) is 0 Å². The van der Waals surface area contributed by atoms with Gasteiger partial charge >= 0.3 is 0 Å². The molecule has 5 amide bonds.